The highest BCUT2D eigenvalue weighted by molar-refractivity contribution is 5.90. The van der Waals surface area contributed by atoms with Crippen LogP contribution in [0.1, 0.15) is 22.3 Å². The molecule has 2 rings (SSSR count). The molecule has 0 spiro atoms. The van der Waals surface area contributed by atoms with Crippen LogP contribution in [0.3, 0.4) is 0 Å². The van der Waals surface area contributed by atoms with Crippen LogP contribution < -0.4 is 11.1 Å². The third-order valence-corrected chi connectivity index (χ3v) is 1.92. The summed E-state index contributed by atoms with van der Waals surface area (Å²) in [6, 6.07) is 0. The van der Waals surface area contributed by atoms with Crippen LogP contribution in [-0.2, 0) is 6.42 Å². The van der Waals surface area contributed by atoms with Gasteiger partial charge >= 0.3 is 0 Å². The minimum absolute atomic E-state index is 0.0314. The highest BCUT2D eigenvalue weighted by Gasteiger charge is 2.10. The molecule has 0 aliphatic rings. The first-order chi connectivity index (χ1) is 8.15. The number of H-pyrrole nitrogens is 1. The lowest BCUT2D eigenvalue weighted by Crippen LogP contribution is -2.27. The minimum atomic E-state index is -0.380. The van der Waals surface area contributed by atoms with Crippen LogP contribution in [0.4, 0.5) is 5.95 Å². The van der Waals surface area contributed by atoms with Crippen molar-refractivity contribution >= 4 is 11.9 Å². The van der Waals surface area contributed by atoms with E-state index >= 15 is 0 Å². The number of carbonyl (C=O) groups is 1. The van der Waals surface area contributed by atoms with E-state index < -0.39 is 0 Å². The molecule has 0 aliphatic heterocycles. The zero-order chi connectivity index (χ0) is 12.3. The van der Waals surface area contributed by atoms with Gasteiger partial charge in [0.25, 0.3) is 5.91 Å². The Kier molecular flexibility index (Phi) is 2.99. The van der Waals surface area contributed by atoms with Crippen LogP contribution >= 0.6 is 0 Å². The predicted octanol–water partition coefficient (Wildman–Crippen LogP) is -0.949. The number of nitrogens with one attached hydrogen (secondary N) is 2. The Morgan fingerprint density at radius 2 is 2.35 bits per heavy atom. The fourth-order valence-electron chi connectivity index (χ4n) is 1.19. The SMILES string of the molecule is Cc1nc(CCNC(=O)c2nc(N)n[nH]2)no1. The van der Waals surface area contributed by atoms with Crippen LogP contribution in [0, 0.1) is 6.92 Å². The lowest BCUT2D eigenvalue weighted by Gasteiger charge is -1.99. The van der Waals surface area contributed by atoms with Crippen LogP contribution in [-0.4, -0.2) is 37.8 Å². The fraction of sp³-hybridized carbons (Fsp3) is 0.375. The Balaban J connectivity index is 1.81. The molecule has 0 aliphatic carbocycles. The second kappa shape index (κ2) is 4.60. The number of nitrogen functional groups attached to an aromatic ring is 1. The van der Waals surface area contributed by atoms with Crippen LogP contribution in [0.25, 0.3) is 0 Å². The van der Waals surface area contributed by atoms with Crippen molar-refractivity contribution in [1.29, 1.82) is 0 Å². The van der Waals surface area contributed by atoms with Gasteiger partial charge in [0, 0.05) is 19.9 Å². The highest BCUT2D eigenvalue weighted by Crippen LogP contribution is 1.96. The van der Waals surface area contributed by atoms with E-state index in [2.05, 4.69) is 30.6 Å². The van der Waals surface area contributed by atoms with Crippen molar-refractivity contribution in [2.75, 3.05) is 12.3 Å². The number of hydrogen-bond acceptors (Lipinski definition) is 7. The standard InChI is InChI=1S/C8H11N7O2/c1-4-11-5(15-17-4)2-3-10-7(16)6-12-8(9)14-13-6/h2-3H2,1H3,(H,10,16)(H3,9,12,13,14). The van der Waals surface area contributed by atoms with Crippen molar-refractivity contribution in [1.82, 2.24) is 30.6 Å². The molecule has 9 nitrogen and oxygen atoms in total. The Hall–Kier alpha value is -2.45. The van der Waals surface area contributed by atoms with Crippen molar-refractivity contribution in [3.8, 4) is 0 Å². The van der Waals surface area contributed by atoms with E-state index in [-0.39, 0.29) is 17.7 Å². The summed E-state index contributed by atoms with van der Waals surface area (Å²) in [6.07, 6.45) is 0.479. The maximum Gasteiger partial charge on any atom is 0.288 e. The summed E-state index contributed by atoms with van der Waals surface area (Å²) >= 11 is 0. The van der Waals surface area contributed by atoms with E-state index in [9.17, 15) is 4.79 Å². The zero-order valence-electron chi connectivity index (χ0n) is 9.10. The predicted molar refractivity (Wildman–Crippen MR) is 55.9 cm³/mol. The third kappa shape index (κ3) is 2.77. The van der Waals surface area contributed by atoms with Gasteiger partial charge in [-0.15, -0.1) is 5.10 Å². The summed E-state index contributed by atoms with van der Waals surface area (Å²) in [7, 11) is 0. The minimum Gasteiger partial charge on any atom is -0.366 e. The van der Waals surface area contributed by atoms with Crippen molar-refractivity contribution in [2.45, 2.75) is 13.3 Å². The monoisotopic (exact) mass is 237 g/mol. The quantitative estimate of drug-likeness (QED) is 0.623. The normalized spacial score (nSPS) is 10.4. The van der Waals surface area contributed by atoms with E-state index in [4.69, 9.17) is 10.3 Å². The van der Waals surface area contributed by atoms with E-state index in [1.165, 1.54) is 0 Å². The average molecular weight is 237 g/mol. The van der Waals surface area contributed by atoms with E-state index in [1.54, 1.807) is 6.92 Å². The molecule has 0 saturated heterocycles. The molecular weight excluding hydrogens is 226 g/mol. The summed E-state index contributed by atoms with van der Waals surface area (Å²) in [6.45, 7) is 2.07. The second-order valence-electron chi connectivity index (χ2n) is 3.28. The maximum absolute atomic E-state index is 11.5. The molecule has 90 valence electrons. The number of aromatic nitrogens is 5. The fourth-order valence-corrected chi connectivity index (χ4v) is 1.19. The summed E-state index contributed by atoms with van der Waals surface area (Å²) in [5, 5.41) is 12.3. The molecule has 2 aromatic heterocycles. The van der Waals surface area contributed by atoms with Crippen LogP contribution in [0.15, 0.2) is 4.52 Å². The maximum atomic E-state index is 11.5. The lowest BCUT2D eigenvalue weighted by molar-refractivity contribution is 0.0944. The van der Waals surface area contributed by atoms with Gasteiger partial charge < -0.3 is 15.6 Å². The number of anilines is 1. The van der Waals surface area contributed by atoms with Crippen molar-refractivity contribution in [2.24, 2.45) is 0 Å². The molecule has 0 unspecified atom stereocenters. The summed E-state index contributed by atoms with van der Waals surface area (Å²) < 4.78 is 4.79. The summed E-state index contributed by atoms with van der Waals surface area (Å²) in [5.41, 5.74) is 5.27. The second-order valence-corrected chi connectivity index (χ2v) is 3.28. The average Bonchev–Trinajstić information content (AvgIpc) is 2.88. The zero-order valence-corrected chi connectivity index (χ0v) is 9.10. The number of hydrogen-bond donors (Lipinski definition) is 3. The molecule has 1 amide bonds. The van der Waals surface area contributed by atoms with Gasteiger partial charge in [0.15, 0.2) is 5.82 Å². The van der Waals surface area contributed by atoms with Gasteiger partial charge in [-0.3, -0.25) is 9.89 Å². The number of amides is 1. The number of carbonyl (C=O) groups excluding carboxylic acids is 1. The number of nitrogens with two attached hydrogens (primary N) is 1. The molecule has 0 atom stereocenters. The van der Waals surface area contributed by atoms with Gasteiger partial charge in [0.1, 0.15) is 0 Å². The lowest BCUT2D eigenvalue weighted by atomic mass is 10.4. The molecule has 17 heavy (non-hydrogen) atoms. The summed E-state index contributed by atoms with van der Waals surface area (Å²) in [4.78, 5) is 19.2. The number of aryl methyl sites for hydroxylation is 1. The van der Waals surface area contributed by atoms with Gasteiger partial charge in [0.2, 0.25) is 17.7 Å². The number of rotatable bonds is 4. The third-order valence-electron chi connectivity index (χ3n) is 1.92. The Bertz CT molecular complexity index is 517. The van der Waals surface area contributed by atoms with Crippen molar-refractivity contribution < 1.29 is 9.32 Å². The molecule has 2 aromatic rings. The van der Waals surface area contributed by atoms with Gasteiger partial charge in [-0.05, 0) is 0 Å². The van der Waals surface area contributed by atoms with Crippen molar-refractivity contribution in [3.05, 3.63) is 17.5 Å². The molecule has 0 fully saturated rings. The first-order valence-corrected chi connectivity index (χ1v) is 4.90. The molecule has 0 radical (unpaired) electrons. The molecule has 2 heterocycles. The number of aromatic amines is 1. The highest BCUT2D eigenvalue weighted by atomic mass is 16.5. The van der Waals surface area contributed by atoms with E-state index in [1.807, 2.05) is 0 Å². The molecule has 0 bridgehead atoms. The molecule has 4 N–H and O–H groups in total. The topological polar surface area (TPSA) is 136 Å². The largest absolute Gasteiger partial charge is 0.366 e. The Morgan fingerprint density at radius 1 is 1.53 bits per heavy atom. The molecule has 0 saturated carbocycles. The van der Waals surface area contributed by atoms with E-state index in [0.29, 0.717) is 24.7 Å². The van der Waals surface area contributed by atoms with Crippen LogP contribution in [0.5, 0.6) is 0 Å². The molecular formula is C8H11N7O2. The van der Waals surface area contributed by atoms with Crippen LogP contribution in [0.2, 0.25) is 0 Å². The van der Waals surface area contributed by atoms with Gasteiger partial charge in [-0.25, -0.2) is 0 Å². The Morgan fingerprint density at radius 3 is 2.94 bits per heavy atom. The molecule has 0 aromatic carbocycles. The van der Waals surface area contributed by atoms with Crippen molar-refractivity contribution in [3.63, 3.8) is 0 Å². The first-order valence-electron chi connectivity index (χ1n) is 4.90. The van der Waals surface area contributed by atoms with Gasteiger partial charge in [-0.1, -0.05) is 5.16 Å². The van der Waals surface area contributed by atoms with Gasteiger partial charge in [-0.2, -0.15) is 9.97 Å². The Labute approximate surface area is 95.8 Å². The van der Waals surface area contributed by atoms with E-state index in [0.717, 1.165) is 0 Å². The first kappa shape index (κ1) is 11.0. The smallest absolute Gasteiger partial charge is 0.288 e. The number of nitrogens with zero attached hydrogens (tertiary/aromatic N) is 4. The molecule has 9 heteroatoms. The summed E-state index contributed by atoms with van der Waals surface area (Å²) in [5.74, 6) is 0.763. The van der Waals surface area contributed by atoms with Gasteiger partial charge in [0.05, 0.1) is 0 Å².